The fourth-order valence-corrected chi connectivity index (χ4v) is 9.38. The van der Waals surface area contributed by atoms with Crippen LogP contribution >= 0.6 is 0 Å². The smallest absolute Gasteiger partial charge is 0.411 e. The van der Waals surface area contributed by atoms with Crippen LogP contribution in [0.3, 0.4) is 0 Å². The number of nitrogens with zero attached hydrogens (tertiary/aromatic N) is 1. The lowest BCUT2D eigenvalue weighted by molar-refractivity contribution is -0.271. The van der Waals surface area contributed by atoms with E-state index in [0.717, 1.165) is 0 Å². The summed E-state index contributed by atoms with van der Waals surface area (Å²) in [5.74, 6) is -1.10. The lowest BCUT2D eigenvalue weighted by Gasteiger charge is -2.40. The first-order chi connectivity index (χ1) is 41.9. The fraction of sp³-hybridized carbons (Fsp3) is 0.617. The topological polar surface area (TPSA) is 424 Å². The summed E-state index contributed by atoms with van der Waals surface area (Å²) in [5, 5.41) is 70.0. The van der Waals surface area contributed by atoms with Gasteiger partial charge in [-0.2, -0.15) is 0 Å². The maximum atomic E-state index is 14.3. The molecule has 1 aliphatic rings. The number of ether oxygens (including phenoxy) is 5. The van der Waals surface area contributed by atoms with Crippen LogP contribution in [0, 0.1) is 11.3 Å². The van der Waals surface area contributed by atoms with Crippen LogP contribution in [0.2, 0.25) is 0 Å². The van der Waals surface area contributed by atoms with Gasteiger partial charge in [-0.3, -0.25) is 34.1 Å². The molecule has 1 heterocycles. The number of benzene rings is 2. The first-order valence-corrected chi connectivity index (χ1v) is 29.3. The van der Waals surface area contributed by atoms with E-state index in [1.54, 1.807) is 38.4 Å². The Balaban J connectivity index is 1.79. The second-order valence-electron chi connectivity index (χ2n) is 23.4. The zero-order valence-corrected chi connectivity index (χ0v) is 52.7. The van der Waals surface area contributed by atoms with Crippen LogP contribution in [0.5, 0.6) is 5.75 Å². The highest BCUT2D eigenvalue weighted by Crippen LogP contribution is 2.32. The molecule has 0 radical (unpaired) electrons. The number of carboxylic acids is 2. The van der Waals surface area contributed by atoms with Crippen LogP contribution in [0.1, 0.15) is 111 Å². The van der Waals surface area contributed by atoms with Gasteiger partial charge < -0.3 is 90.9 Å². The number of aliphatic hydroxyl groups excluding tert-OH is 3. The molecule has 2 aromatic rings. The van der Waals surface area contributed by atoms with Gasteiger partial charge in [0.05, 0.1) is 38.5 Å². The summed E-state index contributed by atoms with van der Waals surface area (Å²) in [4.78, 5) is 124. The molecule has 89 heavy (non-hydrogen) atoms. The highest BCUT2D eigenvalue weighted by Gasteiger charge is 2.48. The predicted molar refractivity (Wildman–Crippen MR) is 322 cm³/mol. The van der Waals surface area contributed by atoms with Crippen molar-refractivity contribution in [3.63, 3.8) is 0 Å². The number of likely N-dealkylation sites (N-methyl/N-ethyl adjacent to an activating group) is 2. The third-order valence-corrected chi connectivity index (χ3v) is 14.7. The number of carbonyl (C=O) groups is 9. The number of nitrogens with one attached hydrogen (secondary N) is 7. The molecule has 2 aromatic carbocycles. The molecule has 0 bridgehead atoms. The monoisotopic (exact) mass is 1260 g/mol. The molecule has 1 aliphatic heterocycles. The molecule has 7 amide bonds. The third kappa shape index (κ3) is 24.5. The number of methoxy groups -OCH3 is 1. The maximum Gasteiger partial charge on any atom is 0.411 e. The first kappa shape index (κ1) is 75.9. The Morgan fingerprint density at radius 2 is 1.47 bits per heavy atom. The van der Waals surface area contributed by atoms with Crippen LogP contribution in [0.4, 0.5) is 10.5 Å². The molecule has 29 nitrogen and oxygen atoms in total. The Hall–Kier alpha value is -7.35. The number of aliphatic hydroxyl groups is 3. The maximum absolute atomic E-state index is 14.3. The van der Waals surface area contributed by atoms with Crippen molar-refractivity contribution in [2.24, 2.45) is 17.2 Å². The minimum Gasteiger partial charge on any atom is -0.479 e. The number of carbonyl (C=O) groups excluding carboxylic acids is 7. The second-order valence-corrected chi connectivity index (χ2v) is 23.4. The van der Waals surface area contributed by atoms with E-state index in [4.69, 9.17) is 29.6 Å². The van der Waals surface area contributed by atoms with Crippen LogP contribution in [0.25, 0.3) is 0 Å². The van der Waals surface area contributed by atoms with E-state index in [1.807, 2.05) is 48.5 Å². The van der Waals surface area contributed by atoms with Crippen molar-refractivity contribution >= 4 is 59.2 Å². The average molecular weight is 1260 g/mol. The largest absolute Gasteiger partial charge is 0.479 e. The molecule has 9 unspecified atom stereocenters. The Morgan fingerprint density at radius 3 is 2.10 bits per heavy atom. The molecule has 9 atom stereocenters. The van der Waals surface area contributed by atoms with Crippen molar-refractivity contribution < 1.29 is 97.2 Å². The van der Waals surface area contributed by atoms with Crippen molar-refractivity contribution in [2.45, 2.75) is 167 Å². The van der Waals surface area contributed by atoms with Gasteiger partial charge in [0.25, 0.3) is 0 Å². The molecule has 0 spiro atoms. The van der Waals surface area contributed by atoms with Gasteiger partial charge in [0.2, 0.25) is 41.7 Å². The number of amides is 7. The predicted octanol–water partition coefficient (Wildman–Crippen LogP) is 0.844. The van der Waals surface area contributed by atoms with Gasteiger partial charge in [0.1, 0.15) is 42.8 Å². The summed E-state index contributed by atoms with van der Waals surface area (Å²) in [6.45, 7) is 14.0. The molecule has 14 N–H and O–H groups in total. The summed E-state index contributed by atoms with van der Waals surface area (Å²) >= 11 is 0. The number of nitrogens with two attached hydrogens (primary N) is 1. The van der Waals surface area contributed by atoms with Crippen LogP contribution < -0.4 is 47.9 Å². The lowest BCUT2D eigenvalue weighted by atomic mass is 9.76. The first-order valence-electron chi connectivity index (χ1n) is 29.3. The van der Waals surface area contributed by atoms with E-state index < -0.39 is 119 Å². The number of carboxylic acid groups (broad SMARTS) is 2. The van der Waals surface area contributed by atoms with Crippen LogP contribution in [-0.4, -0.2) is 200 Å². The molecule has 0 aromatic heterocycles. The Kier molecular flexibility index (Phi) is 31.5. The van der Waals surface area contributed by atoms with Crippen molar-refractivity contribution in [1.29, 1.82) is 0 Å². The van der Waals surface area contributed by atoms with Gasteiger partial charge >= 0.3 is 18.0 Å². The van der Waals surface area contributed by atoms with E-state index in [-0.39, 0.29) is 87.2 Å². The van der Waals surface area contributed by atoms with E-state index >= 15 is 0 Å². The van der Waals surface area contributed by atoms with Gasteiger partial charge in [-0.25, -0.2) is 20.3 Å². The standard InChI is InChI=1S/C60H93N9O20/c1-34(2)41(28-35(3)55(79)80)69(10)54(78)51(59(4,5)6)68-53(77)50(62-9)60(7,8)38-16-15-17-39(30-38)66-58(83)86-33-36-19-20-42(88-57-48(75)46(73)47(74)49(89-57)56(81)82)37(29-36)31-64-43(70)21-23-63-52(76)40(67-45(72)18-13-12-14-24-87-61)32-65-44(71)22-25-85-27-26-84-11/h15-17,19-20,28-30,34,40-41,46-51,57,62,73-75H,12-14,18,21-27,31-33,61H2,1-11H3,(H,63,76)(H,64,70)(H,65,71)(H,66,83)(H,67,72)(H,68,77)(H,79,80)(H,81,82)/b35-28+. The van der Waals surface area contributed by atoms with Gasteiger partial charge in [-0.05, 0) is 73.5 Å². The number of hydrogen-bond acceptors (Lipinski definition) is 20. The van der Waals surface area contributed by atoms with Crippen LogP contribution in [0.15, 0.2) is 54.1 Å². The van der Waals surface area contributed by atoms with Crippen molar-refractivity contribution in [1.82, 2.24) is 36.8 Å². The summed E-state index contributed by atoms with van der Waals surface area (Å²) in [5.41, 5.74) is -0.313. The molecular weight excluding hydrogens is 1170 g/mol. The molecule has 1 saturated heterocycles. The van der Waals surface area contributed by atoms with Gasteiger partial charge in [-0.1, -0.05) is 79.2 Å². The number of anilines is 1. The minimum atomic E-state index is -2.02. The van der Waals surface area contributed by atoms with Gasteiger partial charge in [0.15, 0.2) is 6.10 Å². The Morgan fingerprint density at radius 1 is 0.775 bits per heavy atom. The minimum absolute atomic E-state index is 0.0284. The number of hydrogen-bond donors (Lipinski definition) is 13. The number of rotatable bonds is 37. The van der Waals surface area contributed by atoms with Crippen molar-refractivity contribution in [3.8, 4) is 5.75 Å². The van der Waals surface area contributed by atoms with E-state index in [1.165, 1.54) is 43.2 Å². The lowest BCUT2D eigenvalue weighted by Crippen LogP contribution is -2.61. The summed E-state index contributed by atoms with van der Waals surface area (Å²) in [6, 6.07) is 7.17. The molecule has 3 rings (SSSR count). The van der Waals surface area contributed by atoms with Crippen molar-refractivity contribution in [2.75, 3.05) is 66.0 Å². The Bertz CT molecular complexity index is 2720. The fourth-order valence-electron chi connectivity index (χ4n) is 9.38. The molecular formula is C60H93N9O20. The van der Waals surface area contributed by atoms with E-state index in [0.29, 0.717) is 43.6 Å². The highest BCUT2D eigenvalue weighted by molar-refractivity contribution is 5.92. The third-order valence-electron chi connectivity index (χ3n) is 14.7. The summed E-state index contributed by atoms with van der Waals surface area (Å²) in [7, 11) is 4.68. The number of aliphatic carboxylic acids is 2. The van der Waals surface area contributed by atoms with Gasteiger partial charge in [-0.15, -0.1) is 0 Å². The van der Waals surface area contributed by atoms with E-state index in [9.17, 15) is 68.7 Å². The molecule has 0 saturated carbocycles. The molecule has 498 valence electrons. The summed E-state index contributed by atoms with van der Waals surface area (Å²) in [6.07, 6.45) is -7.76. The van der Waals surface area contributed by atoms with Crippen molar-refractivity contribution in [3.05, 3.63) is 70.8 Å². The zero-order valence-electron chi connectivity index (χ0n) is 52.7. The van der Waals surface area contributed by atoms with Crippen LogP contribution in [-0.2, 0) is 80.7 Å². The summed E-state index contributed by atoms with van der Waals surface area (Å²) < 4.78 is 27.0. The Labute approximate surface area is 518 Å². The van der Waals surface area contributed by atoms with E-state index in [2.05, 4.69) is 42.1 Å². The normalized spacial score (nSPS) is 18.3. The zero-order chi connectivity index (χ0) is 66.8. The quantitative estimate of drug-likeness (QED) is 0.0253. The molecule has 1 fully saturated rings. The molecule has 29 heteroatoms. The second kappa shape index (κ2) is 37.0. The highest BCUT2D eigenvalue weighted by atomic mass is 16.7. The molecule has 0 aliphatic carbocycles. The van der Waals surface area contributed by atoms with Gasteiger partial charge in [0, 0.05) is 75.3 Å². The number of unbranched alkanes of at least 4 members (excludes halogenated alkanes) is 2. The SMILES string of the molecule is CNC(C(=O)NC(C(=O)N(C)C(/C=C(\C)C(=O)O)C(C)C)C(C)(C)C)C(C)(C)c1cccc(NC(=O)OCc2ccc(OC3OC(C(=O)O)C(O)C(O)C3O)c(CNC(=O)CCNC(=O)C(CNC(=O)CCOCCOC)NC(=O)CCCCCON)c2)c1. The average Bonchev–Trinajstić information content (AvgIpc) is 2.73.